The van der Waals surface area contributed by atoms with Gasteiger partial charge in [0, 0.05) is 17.1 Å². The number of hydrogen-bond donors (Lipinski definition) is 0. The fourth-order valence-electron chi connectivity index (χ4n) is 0.167. The quantitative estimate of drug-likeness (QED) is 0.385. The van der Waals surface area contributed by atoms with E-state index in [1.54, 1.807) is 0 Å². The first-order valence-electron chi connectivity index (χ1n) is 1.89. The van der Waals surface area contributed by atoms with Crippen LogP contribution in [0.25, 0.3) is 0 Å². The second-order valence-electron chi connectivity index (χ2n) is 0.864. The summed E-state index contributed by atoms with van der Waals surface area (Å²) < 4.78 is 27.8. The largest absolute Gasteiger partial charge is 0.494 e. The fourth-order valence-corrected chi connectivity index (χ4v) is 0.500. The molecule has 7 heteroatoms. The van der Waals surface area contributed by atoms with Crippen molar-refractivity contribution in [3.8, 4) is 0 Å². The molecule has 0 saturated heterocycles. The average Bonchev–Trinajstić information content (AvgIpc) is 1.81. The van der Waals surface area contributed by atoms with E-state index < -0.39 is 17.4 Å². The minimum absolute atomic E-state index is 0. The summed E-state index contributed by atoms with van der Waals surface area (Å²) in [5.41, 5.74) is 0. The smallest absolute Gasteiger partial charge is 0.145 e. The Hall–Kier alpha value is 0.639. The van der Waals surface area contributed by atoms with Crippen LogP contribution in [-0.2, 0) is 35.2 Å². The van der Waals surface area contributed by atoms with Crippen molar-refractivity contribution in [2.75, 3.05) is 13.2 Å². The van der Waals surface area contributed by atoms with E-state index in [2.05, 4.69) is 9.05 Å². The van der Waals surface area contributed by atoms with E-state index in [-0.39, 0.29) is 30.3 Å². The average molecular weight is 212 g/mol. The van der Waals surface area contributed by atoms with E-state index in [4.69, 9.17) is 0 Å². The Morgan fingerprint density at radius 3 is 1.56 bits per heavy atom. The fraction of sp³-hybridized carbons (Fsp3) is 1.00. The second-order valence-corrected chi connectivity index (χ2v) is 1.77. The molecular formula is C2H6FeO4P2+2. The van der Waals surface area contributed by atoms with Crippen LogP contribution < -0.4 is 0 Å². The first kappa shape index (κ1) is 12.3. The van der Waals surface area contributed by atoms with E-state index in [0.29, 0.717) is 0 Å². The van der Waals surface area contributed by atoms with Crippen LogP contribution in [0.3, 0.4) is 0 Å². The molecule has 0 heterocycles. The summed E-state index contributed by atoms with van der Waals surface area (Å²) in [6, 6.07) is 0. The van der Waals surface area contributed by atoms with E-state index in [1.165, 1.54) is 0 Å². The first-order chi connectivity index (χ1) is 3.91. The van der Waals surface area contributed by atoms with Gasteiger partial charge in [-0.3, -0.25) is 0 Å². The Morgan fingerprint density at radius 1 is 1.00 bits per heavy atom. The van der Waals surface area contributed by atoms with Gasteiger partial charge in [-0.2, -0.15) is 0 Å². The van der Waals surface area contributed by atoms with E-state index in [1.807, 2.05) is 0 Å². The molecule has 2 unspecified atom stereocenters. The molecule has 0 aromatic rings. The van der Waals surface area contributed by atoms with Gasteiger partial charge in [-0.15, -0.1) is 9.05 Å². The summed E-state index contributed by atoms with van der Waals surface area (Å²) in [7, 11) is -1.52. The van der Waals surface area contributed by atoms with Crippen LogP contribution in [0.2, 0.25) is 0 Å². The van der Waals surface area contributed by atoms with Crippen molar-refractivity contribution in [2.24, 2.45) is 0 Å². The Bertz CT molecular complexity index is 69.0. The number of rotatable bonds is 5. The Labute approximate surface area is 66.3 Å². The van der Waals surface area contributed by atoms with Gasteiger partial charge < -0.3 is 0 Å². The molecule has 0 N–H and O–H groups in total. The van der Waals surface area contributed by atoms with Crippen molar-refractivity contribution >= 4 is 17.4 Å². The van der Waals surface area contributed by atoms with Crippen molar-refractivity contribution in [3.05, 3.63) is 0 Å². The molecule has 0 spiro atoms. The van der Waals surface area contributed by atoms with Gasteiger partial charge in [0.15, 0.2) is 0 Å². The van der Waals surface area contributed by atoms with Crippen LogP contribution in [0.4, 0.5) is 0 Å². The van der Waals surface area contributed by atoms with Gasteiger partial charge in [-0.25, -0.2) is 0 Å². The predicted molar refractivity (Wildman–Crippen MR) is 29.9 cm³/mol. The molecule has 4 nitrogen and oxygen atoms in total. The molecule has 0 aliphatic heterocycles. The van der Waals surface area contributed by atoms with Crippen molar-refractivity contribution in [2.45, 2.75) is 0 Å². The third-order valence-electron chi connectivity index (χ3n) is 0.405. The van der Waals surface area contributed by atoms with Gasteiger partial charge in [-0.1, -0.05) is 0 Å². The molecular weight excluding hydrogens is 206 g/mol. The summed E-state index contributed by atoms with van der Waals surface area (Å²) in [5, 5.41) is 0. The van der Waals surface area contributed by atoms with Crippen molar-refractivity contribution < 1.29 is 35.2 Å². The third-order valence-corrected chi connectivity index (χ3v) is 1.05. The normalized spacial score (nSPS) is 9.33. The molecule has 0 bridgehead atoms. The second kappa shape index (κ2) is 11.4. The molecule has 0 aromatic carbocycles. The molecule has 0 aromatic heterocycles. The van der Waals surface area contributed by atoms with E-state index in [0.717, 1.165) is 0 Å². The van der Waals surface area contributed by atoms with Gasteiger partial charge in [0.2, 0.25) is 0 Å². The molecule has 9 heavy (non-hydrogen) atoms. The van der Waals surface area contributed by atoms with Gasteiger partial charge in [-0.05, 0) is 9.13 Å². The minimum Gasteiger partial charge on any atom is -0.145 e. The zero-order chi connectivity index (χ0) is 6.24. The Morgan fingerprint density at radius 2 is 1.33 bits per heavy atom. The van der Waals surface area contributed by atoms with Gasteiger partial charge in [0.25, 0.3) is 0 Å². The third kappa shape index (κ3) is 12.0. The monoisotopic (exact) mass is 212 g/mol. The van der Waals surface area contributed by atoms with Crippen molar-refractivity contribution in [1.82, 2.24) is 0 Å². The predicted octanol–water partition coefficient (Wildman–Crippen LogP) is 0.895. The molecule has 54 valence electrons. The maximum atomic E-state index is 9.57. The maximum Gasteiger partial charge on any atom is 0.494 e. The molecule has 2 atom stereocenters. The van der Waals surface area contributed by atoms with Gasteiger partial charge >= 0.3 is 17.4 Å². The van der Waals surface area contributed by atoms with Crippen LogP contribution in [-0.4, -0.2) is 13.2 Å². The molecule has 0 rings (SSSR count). The van der Waals surface area contributed by atoms with Crippen LogP contribution in [0, 0.1) is 0 Å². The van der Waals surface area contributed by atoms with Crippen LogP contribution >= 0.6 is 17.4 Å². The molecule has 0 aliphatic carbocycles. The zero-order valence-corrected chi connectivity index (χ0v) is 7.50. The summed E-state index contributed by atoms with van der Waals surface area (Å²) in [6.07, 6.45) is 0. The standard InChI is InChI=1S/C2H6O4P2.Fe/c3-7-5-1-2-6-8-4;/h7-8H,1-2H2;/q+2;. The summed E-state index contributed by atoms with van der Waals surface area (Å²) >= 11 is 0. The first-order valence-corrected chi connectivity index (χ1v) is 3.53. The molecule has 0 radical (unpaired) electrons. The van der Waals surface area contributed by atoms with Crippen LogP contribution in [0.5, 0.6) is 0 Å². The van der Waals surface area contributed by atoms with E-state index in [9.17, 15) is 9.13 Å². The Kier molecular flexibility index (Phi) is 15.7. The topological polar surface area (TPSA) is 52.6 Å². The molecule has 0 saturated carbocycles. The molecule has 0 aliphatic rings. The van der Waals surface area contributed by atoms with E-state index >= 15 is 0 Å². The summed E-state index contributed by atoms with van der Waals surface area (Å²) in [5.74, 6) is 0. The molecule has 0 fully saturated rings. The van der Waals surface area contributed by atoms with Gasteiger partial charge in [0.1, 0.15) is 13.2 Å². The summed E-state index contributed by atoms with van der Waals surface area (Å²) in [4.78, 5) is 0. The van der Waals surface area contributed by atoms with Crippen molar-refractivity contribution in [1.29, 1.82) is 0 Å². The van der Waals surface area contributed by atoms with Gasteiger partial charge in [0.05, 0.1) is 0 Å². The summed E-state index contributed by atoms with van der Waals surface area (Å²) in [6.45, 7) is 0.467. The Balaban J connectivity index is 0. The minimum atomic E-state index is -0.760. The van der Waals surface area contributed by atoms with Crippen LogP contribution in [0.1, 0.15) is 0 Å². The zero-order valence-electron chi connectivity index (χ0n) is 4.40. The molecule has 0 amide bonds. The number of hydrogen-bond acceptors (Lipinski definition) is 4. The van der Waals surface area contributed by atoms with Crippen molar-refractivity contribution in [3.63, 3.8) is 0 Å². The maximum absolute atomic E-state index is 9.57. The van der Waals surface area contributed by atoms with Crippen LogP contribution in [0.15, 0.2) is 0 Å². The SMILES string of the molecule is O=[PH+]OCCO[PH+]=O.[Fe].